The van der Waals surface area contributed by atoms with Crippen LogP contribution in [0.1, 0.15) is 50.0 Å². The van der Waals surface area contributed by atoms with Crippen LogP contribution in [0.4, 0.5) is 23.1 Å². The number of nitrogens with one attached hydrogen (secondary N) is 2. The number of nitrogens with zero attached hydrogens (tertiary/aromatic N) is 6. The van der Waals surface area contributed by atoms with Crippen LogP contribution in [0.5, 0.6) is 5.75 Å². The molecule has 6 rings (SSSR count). The monoisotopic (exact) mass is 642 g/mol. The number of carbonyl (C=O) groups is 2. The van der Waals surface area contributed by atoms with Crippen molar-refractivity contribution in [1.82, 2.24) is 29.6 Å². The molecule has 0 atom stereocenters. The molecule has 14 nitrogen and oxygen atoms in total. The van der Waals surface area contributed by atoms with Crippen LogP contribution in [0.2, 0.25) is 0 Å². The fourth-order valence-corrected chi connectivity index (χ4v) is 4.97. The maximum atomic E-state index is 12.0. The number of carboxylic acid groups (broad SMARTS) is 1. The SMILES string of the molecule is CC(C)(C)OC=O.COc1c(Nc2nc(Nc3cnn(C4CCN(C)CC4)c3)ncc2C(=O)O)cccc1-c1nc2ccccc2o1. The van der Waals surface area contributed by atoms with Crippen LogP contribution in [-0.2, 0) is 9.53 Å². The van der Waals surface area contributed by atoms with Gasteiger partial charge in [0, 0.05) is 12.4 Å². The topological polar surface area (TPSA) is 170 Å². The summed E-state index contributed by atoms with van der Waals surface area (Å²) in [6, 6.07) is 13.2. The number of methoxy groups -OCH3 is 1. The van der Waals surface area contributed by atoms with E-state index >= 15 is 0 Å². The summed E-state index contributed by atoms with van der Waals surface area (Å²) in [4.78, 5) is 37.2. The van der Waals surface area contributed by atoms with Gasteiger partial charge in [-0.1, -0.05) is 18.2 Å². The summed E-state index contributed by atoms with van der Waals surface area (Å²) in [6.07, 6.45) is 6.95. The van der Waals surface area contributed by atoms with Crippen molar-refractivity contribution in [3.63, 3.8) is 0 Å². The summed E-state index contributed by atoms with van der Waals surface area (Å²) in [6.45, 7) is 7.97. The van der Waals surface area contributed by atoms with Crippen LogP contribution in [0.25, 0.3) is 22.6 Å². The lowest BCUT2D eigenvalue weighted by atomic mass is 10.1. The van der Waals surface area contributed by atoms with Crippen LogP contribution in [0, 0.1) is 0 Å². The molecule has 47 heavy (non-hydrogen) atoms. The number of hydrogen-bond donors (Lipinski definition) is 3. The van der Waals surface area contributed by atoms with Crippen LogP contribution in [0.15, 0.2) is 65.5 Å². The number of piperidine rings is 1. The minimum atomic E-state index is -1.17. The van der Waals surface area contributed by atoms with Gasteiger partial charge in [0.25, 0.3) is 6.47 Å². The van der Waals surface area contributed by atoms with E-state index in [9.17, 15) is 14.7 Å². The van der Waals surface area contributed by atoms with Gasteiger partial charge in [-0.15, -0.1) is 0 Å². The molecule has 5 aromatic rings. The summed E-state index contributed by atoms with van der Waals surface area (Å²) in [7, 11) is 3.65. The Kier molecular flexibility index (Phi) is 10.00. The Hall–Kier alpha value is -5.50. The first kappa shape index (κ1) is 32.9. The summed E-state index contributed by atoms with van der Waals surface area (Å²) < 4.78 is 18.2. The number of ether oxygens (including phenoxy) is 2. The van der Waals surface area contributed by atoms with Crippen LogP contribution in [0.3, 0.4) is 0 Å². The second-order valence-electron chi connectivity index (χ2n) is 12.0. The van der Waals surface area contributed by atoms with Crippen molar-refractivity contribution in [2.24, 2.45) is 0 Å². The van der Waals surface area contributed by atoms with Gasteiger partial charge in [0.05, 0.1) is 36.3 Å². The molecule has 0 saturated carbocycles. The number of fused-ring (bicyclic) bond motifs is 1. The van der Waals surface area contributed by atoms with Crippen molar-refractivity contribution in [1.29, 1.82) is 0 Å². The zero-order valence-corrected chi connectivity index (χ0v) is 26.9. The number of oxazole rings is 1. The van der Waals surface area contributed by atoms with E-state index in [0.29, 0.717) is 46.7 Å². The highest BCUT2D eigenvalue weighted by atomic mass is 16.5. The van der Waals surface area contributed by atoms with Crippen molar-refractivity contribution in [2.45, 2.75) is 45.3 Å². The molecule has 1 aliphatic heterocycles. The first-order valence-electron chi connectivity index (χ1n) is 15.1. The molecular weight excluding hydrogens is 604 g/mol. The van der Waals surface area contributed by atoms with Gasteiger partial charge in [0.2, 0.25) is 11.8 Å². The molecule has 0 unspecified atom stereocenters. The molecule has 0 bridgehead atoms. The van der Waals surface area contributed by atoms with E-state index < -0.39 is 5.97 Å². The lowest BCUT2D eigenvalue weighted by molar-refractivity contribution is -0.138. The number of hydrogen-bond acceptors (Lipinski definition) is 12. The van der Waals surface area contributed by atoms with Crippen LogP contribution in [-0.4, -0.2) is 80.0 Å². The molecule has 1 aliphatic rings. The molecule has 0 amide bonds. The average molecular weight is 643 g/mol. The van der Waals surface area contributed by atoms with E-state index in [1.165, 1.54) is 13.3 Å². The van der Waals surface area contributed by atoms with Crippen molar-refractivity contribution >= 4 is 46.7 Å². The summed E-state index contributed by atoms with van der Waals surface area (Å²) in [5.41, 5.74) is 2.76. The maximum absolute atomic E-state index is 12.0. The molecule has 4 heterocycles. The maximum Gasteiger partial charge on any atom is 0.341 e. The molecule has 0 radical (unpaired) electrons. The summed E-state index contributed by atoms with van der Waals surface area (Å²) in [5.74, 6) is -0.0341. The van der Waals surface area contributed by atoms with Crippen LogP contribution >= 0.6 is 0 Å². The Morgan fingerprint density at radius 2 is 1.83 bits per heavy atom. The van der Waals surface area contributed by atoms with E-state index in [1.54, 1.807) is 18.3 Å². The molecular formula is C33H38N8O6. The largest absolute Gasteiger partial charge is 0.494 e. The fraction of sp³-hybridized carbons (Fsp3) is 0.333. The molecule has 2 aromatic carbocycles. The number of carboxylic acids is 1. The second kappa shape index (κ2) is 14.3. The van der Waals surface area contributed by atoms with Crippen molar-refractivity contribution in [3.05, 3.63) is 66.6 Å². The molecule has 1 saturated heterocycles. The zero-order chi connectivity index (χ0) is 33.6. The normalized spacial score (nSPS) is 13.8. The van der Waals surface area contributed by atoms with E-state index in [4.69, 9.17) is 9.15 Å². The molecule has 246 valence electrons. The fourth-order valence-electron chi connectivity index (χ4n) is 4.97. The number of para-hydroxylation sites is 3. The number of benzene rings is 2. The lowest BCUT2D eigenvalue weighted by Gasteiger charge is -2.28. The summed E-state index contributed by atoms with van der Waals surface area (Å²) in [5, 5.41) is 20.6. The Morgan fingerprint density at radius 3 is 2.49 bits per heavy atom. The first-order chi connectivity index (χ1) is 22.5. The van der Waals surface area contributed by atoms with Gasteiger partial charge in [-0.2, -0.15) is 10.1 Å². The lowest BCUT2D eigenvalue weighted by Crippen LogP contribution is -2.31. The molecule has 0 aliphatic carbocycles. The van der Waals surface area contributed by atoms with Crippen molar-refractivity contribution in [3.8, 4) is 17.2 Å². The van der Waals surface area contributed by atoms with Crippen molar-refractivity contribution < 1.29 is 28.6 Å². The Labute approximate surface area is 271 Å². The third-order valence-corrected chi connectivity index (χ3v) is 7.34. The van der Waals surface area contributed by atoms with Crippen molar-refractivity contribution in [2.75, 3.05) is 37.9 Å². The van der Waals surface area contributed by atoms with Gasteiger partial charge in [0.1, 0.15) is 16.7 Å². The Morgan fingerprint density at radius 1 is 1.06 bits per heavy atom. The van der Waals surface area contributed by atoms with Gasteiger partial charge in [-0.05, 0) is 78.0 Å². The van der Waals surface area contributed by atoms with Gasteiger partial charge < -0.3 is 34.5 Å². The van der Waals surface area contributed by atoms with E-state index in [-0.39, 0.29) is 22.9 Å². The quantitative estimate of drug-likeness (QED) is 0.163. The average Bonchev–Trinajstić information content (AvgIpc) is 3.68. The van der Waals surface area contributed by atoms with Gasteiger partial charge in [-0.25, -0.2) is 14.8 Å². The van der Waals surface area contributed by atoms with E-state index in [2.05, 4.69) is 47.4 Å². The third-order valence-electron chi connectivity index (χ3n) is 7.34. The van der Waals surface area contributed by atoms with Gasteiger partial charge in [-0.3, -0.25) is 9.48 Å². The minimum absolute atomic E-state index is 0.0955. The summed E-state index contributed by atoms with van der Waals surface area (Å²) >= 11 is 0. The third kappa shape index (κ3) is 8.21. The Bertz CT molecular complexity index is 1810. The first-order valence-corrected chi connectivity index (χ1v) is 15.1. The molecule has 14 heteroatoms. The highest BCUT2D eigenvalue weighted by Gasteiger charge is 2.21. The van der Waals surface area contributed by atoms with E-state index in [1.807, 2.05) is 62.0 Å². The smallest absolute Gasteiger partial charge is 0.341 e. The Balaban J connectivity index is 0.000000559. The number of aromatic carboxylic acids is 1. The number of carbonyl (C=O) groups excluding carboxylic acids is 1. The molecule has 0 spiro atoms. The van der Waals surface area contributed by atoms with E-state index in [0.717, 1.165) is 31.4 Å². The van der Waals surface area contributed by atoms with Crippen LogP contribution < -0.4 is 15.4 Å². The predicted molar refractivity (Wildman–Crippen MR) is 176 cm³/mol. The molecule has 1 fully saturated rings. The number of aromatic nitrogens is 5. The second-order valence-corrected chi connectivity index (χ2v) is 12.0. The minimum Gasteiger partial charge on any atom is -0.494 e. The number of rotatable bonds is 9. The van der Waals surface area contributed by atoms with Gasteiger partial charge >= 0.3 is 5.97 Å². The standard InChI is InChI=1S/C28H28N8O4.C5H10O2/c1-35-12-10-18(11-13-35)36-16-17(14-30-36)31-28-29-15-20(27(37)38)25(34-28)32-22-8-5-6-19(24(22)39-2)26-33-21-7-3-4-9-23(21)40-26;1-5(2,3)7-4-6/h3-9,14-16,18H,10-13H2,1-2H3,(H,37,38)(H2,29,31,32,34);4H,1-3H3. The van der Waals surface area contributed by atoms with Gasteiger partial charge in [0.15, 0.2) is 17.2 Å². The highest BCUT2D eigenvalue weighted by Crippen LogP contribution is 2.39. The zero-order valence-electron chi connectivity index (χ0n) is 26.9. The predicted octanol–water partition coefficient (Wildman–Crippen LogP) is 5.90. The molecule has 3 aromatic heterocycles. The highest BCUT2D eigenvalue weighted by molar-refractivity contribution is 5.94. The molecule has 3 N–H and O–H groups in total. The number of likely N-dealkylation sites (tertiary alicyclic amines) is 1. The number of anilines is 4.